The number of amides is 1. The molecule has 14 heavy (non-hydrogen) atoms. The Morgan fingerprint density at radius 1 is 1.29 bits per heavy atom. The van der Waals surface area contributed by atoms with Crippen molar-refractivity contribution in [3.05, 3.63) is 0 Å². The maximum Gasteiger partial charge on any atom is 0.222 e. The summed E-state index contributed by atoms with van der Waals surface area (Å²) in [5.41, 5.74) is 0. The van der Waals surface area contributed by atoms with E-state index >= 15 is 0 Å². The molecule has 3 nitrogen and oxygen atoms in total. The minimum Gasteiger partial charge on any atom is -0.394 e. The van der Waals surface area contributed by atoms with Crippen LogP contribution < -0.4 is 5.32 Å². The molecule has 0 spiro atoms. The van der Waals surface area contributed by atoms with Crippen molar-refractivity contribution in [2.24, 2.45) is 11.8 Å². The SMILES string of the molecule is C.CC(C)C[C@H](CO)NC(=O)C(C)C. The number of carbonyl (C=O) groups is 1. The highest BCUT2D eigenvalue weighted by Gasteiger charge is 2.14. The van der Waals surface area contributed by atoms with Crippen molar-refractivity contribution in [1.29, 1.82) is 0 Å². The molecular formula is C11H25NO2. The number of hydrogen-bond donors (Lipinski definition) is 2. The molecular weight excluding hydrogens is 178 g/mol. The molecule has 86 valence electrons. The van der Waals surface area contributed by atoms with Gasteiger partial charge in [-0.05, 0) is 12.3 Å². The fourth-order valence-corrected chi connectivity index (χ4v) is 1.12. The molecule has 2 N–H and O–H groups in total. The largest absolute Gasteiger partial charge is 0.394 e. The van der Waals surface area contributed by atoms with E-state index in [0.29, 0.717) is 5.92 Å². The summed E-state index contributed by atoms with van der Waals surface area (Å²) in [5.74, 6) is 0.491. The monoisotopic (exact) mass is 203 g/mol. The topological polar surface area (TPSA) is 49.3 Å². The van der Waals surface area contributed by atoms with Crippen molar-refractivity contribution in [2.75, 3.05) is 6.61 Å². The molecule has 0 saturated heterocycles. The molecule has 1 atom stereocenters. The van der Waals surface area contributed by atoms with Gasteiger partial charge in [-0.15, -0.1) is 0 Å². The van der Waals surface area contributed by atoms with Crippen LogP contribution in [0.1, 0.15) is 41.5 Å². The van der Waals surface area contributed by atoms with Gasteiger partial charge in [-0.3, -0.25) is 4.79 Å². The summed E-state index contributed by atoms with van der Waals surface area (Å²) in [6.07, 6.45) is 0.828. The van der Waals surface area contributed by atoms with Gasteiger partial charge in [-0.2, -0.15) is 0 Å². The smallest absolute Gasteiger partial charge is 0.222 e. The van der Waals surface area contributed by atoms with E-state index in [1.165, 1.54) is 0 Å². The van der Waals surface area contributed by atoms with E-state index < -0.39 is 0 Å². The zero-order valence-electron chi connectivity index (χ0n) is 9.00. The van der Waals surface area contributed by atoms with Crippen molar-refractivity contribution < 1.29 is 9.90 Å². The Morgan fingerprint density at radius 2 is 1.79 bits per heavy atom. The van der Waals surface area contributed by atoms with Gasteiger partial charge in [0.1, 0.15) is 0 Å². The first-order chi connectivity index (χ1) is 5.97. The van der Waals surface area contributed by atoms with Gasteiger partial charge in [-0.1, -0.05) is 35.1 Å². The van der Waals surface area contributed by atoms with Gasteiger partial charge in [0.15, 0.2) is 0 Å². The maximum absolute atomic E-state index is 11.3. The molecule has 0 heterocycles. The van der Waals surface area contributed by atoms with Crippen molar-refractivity contribution >= 4 is 5.91 Å². The number of aliphatic hydroxyl groups excluding tert-OH is 1. The van der Waals surface area contributed by atoms with E-state index in [9.17, 15) is 4.79 Å². The summed E-state index contributed by atoms with van der Waals surface area (Å²) in [4.78, 5) is 11.3. The van der Waals surface area contributed by atoms with Gasteiger partial charge in [0.2, 0.25) is 5.91 Å². The van der Waals surface area contributed by atoms with Crippen molar-refractivity contribution in [3.8, 4) is 0 Å². The lowest BCUT2D eigenvalue weighted by Gasteiger charge is -2.19. The van der Waals surface area contributed by atoms with Crippen LogP contribution in [-0.2, 0) is 4.79 Å². The molecule has 0 rings (SSSR count). The zero-order chi connectivity index (χ0) is 10.4. The number of aliphatic hydroxyl groups is 1. The third-order valence-electron chi connectivity index (χ3n) is 1.85. The summed E-state index contributed by atoms with van der Waals surface area (Å²) < 4.78 is 0. The van der Waals surface area contributed by atoms with Gasteiger partial charge in [-0.25, -0.2) is 0 Å². The Bertz CT molecular complexity index is 155. The van der Waals surface area contributed by atoms with Crippen LogP contribution in [0.15, 0.2) is 0 Å². The first-order valence-corrected chi connectivity index (χ1v) is 4.88. The summed E-state index contributed by atoms with van der Waals surface area (Å²) in [5, 5.41) is 11.8. The average molecular weight is 203 g/mol. The molecule has 0 aliphatic carbocycles. The summed E-state index contributed by atoms with van der Waals surface area (Å²) in [6.45, 7) is 7.86. The van der Waals surface area contributed by atoms with E-state index in [2.05, 4.69) is 19.2 Å². The highest BCUT2D eigenvalue weighted by molar-refractivity contribution is 5.78. The Hall–Kier alpha value is -0.570. The van der Waals surface area contributed by atoms with Crippen LogP contribution in [0, 0.1) is 11.8 Å². The van der Waals surface area contributed by atoms with E-state index in [4.69, 9.17) is 5.11 Å². The van der Waals surface area contributed by atoms with Gasteiger partial charge >= 0.3 is 0 Å². The predicted molar refractivity (Wildman–Crippen MR) is 60.0 cm³/mol. The summed E-state index contributed by atoms with van der Waals surface area (Å²) in [6, 6.07) is -0.0881. The number of hydrogen-bond acceptors (Lipinski definition) is 2. The number of nitrogens with one attached hydrogen (secondary N) is 1. The quantitative estimate of drug-likeness (QED) is 0.716. The van der Waals surface area contributed by atoms with E-state index in [1.54, 1.807) is 0 Å². The second kappa shape index (κ2) is 7.80. The Kier molecular flexibility index (Phi) is 8.85. The van der Waals surface area contributed by atoms with Crippen LogP contribution in [0.5, 0.6) is 0 Å². The van der Waals surface area contributed by atoms with Crippen LogP contribution in [0.3, 0.4) is 0 Å². The molecule has 0 radical (unpaired) electrons. The molecule has 0 bridgehead atoms. The molecule has 0 saturated carbocycles. The highest BCUT2D eigenvalue weighted by Crippen LogP contribution is 2.05. The molecule has 0 aromatic carbocycles. The lowest BCUT2D eigenvalue weighted by Crippen LogP contribution is -2.40. The second-order valence-corrected chi connectivity index (χ2v) is 4.17. The first-order valence-electron chi connectivity index (χ1n) is 4.88. The summed E-state index contributed by atoms with van der Waals surface area (Å²) >= 11 is 0. The lowest BCUT2D eigenvalue weighted by atomic mass is 10.0. The summed E-state index contributed by atoms with van der Waals surface area (Å²) in [7, 11) is 0. The molecule has 0 aromatic heterocycles. The first kappa shape index (κ1) is 15.9. The molecule has 0 aliphatic rings. The molecule has 0 aromatic rings. The Balaban J connectivity index is 0. The fourth-order valence-electron chi connectivity index (χ4n) is 1.12. The standard InChI is InChI=1S/C10H21NO2.CH4/c1-7(2)5-9(6-12)11-10(13)8(3)4;/h7-9,12H,5-6H2,1-4H3,(H,11,13);1H4/t9-;/m1./s1. The minimum atomic E-state index is -0.0881. The van der Waals surface area contributed by atoms with Crippen LogP contribution in [-0.4, -0.2) is 23.7 Å². The van der Waals surface area contributed by atoms with E-state index in [1.807, 2.05) is 13.8 Å². The number of rotatable bonds is 5. The van der Waals surface area contributed by atoms with Gasteiger partial charge in [0, 0.05) is 5.92 Å². The highest BCUT2D eigenvalue weighted by atomic mass is 16.3. The normalized spacial score (nSPS) is 12.5. The van der Waals surface area contributed by atoms with Gasteiger partial charge < -0.3 is 10.4 Å². The predicted octanol–water partition coefficient (Wildman–Crippen LogP) is 1.80. The fraction of sp³-hybridized carbons (Fsp3) is 0.909. The Labute approximate surface area is 87.9 Å². The van der Waals surface area contributed by atoms with Gasteiger partial charge in [0.05, 0.1) is 12.6 Å². The third kappa shape index (κ3) is 6.89. The van der Waals surface area contributed by atoms with Crippen molar-refractivity contribution in [3.63, 3.8) is 0 Å². The zero-order valence-corrected chi connectivity index (χ0v) is 9.00. The van der Waals surface area contributed by atoms with E-state index in [0.717, 1.165) is 6.42 Å². The second-order valence-electron chi connectivity index (χ2n) is 4.17. The minimum absolute atomic E-state index is 0. The molecule has 3 heteroatoms. The molecule has 0 aliphatic heterocycles. The van der Waals surface area contributed by atoms with Gasteiger partial charge in [0.25, 0.3) is 0 Å². The van der Waals surface area contributed by atoms with Crippen molar-refractivity contribution in [2.45, 2.75) is 47.6 Å². The average Bonchev–Trinajstić information content (AvgIpc) is 2.02. The molecule has 0 fully saturated rings. The molecule has 0 unspecified atom stereocenters. The lowest BCUT2D eigenvalue weighted by molar-refractivity contribution is -0.125. The number of carbonyl (C=O) groups excluding carboxylic acids is 1. The maximum atomic E-state index is 11.3. The van der Waals surface area contributed by atoms with Crippen LogP contribution in [0.4, 0.5) is 0 Å². The third-order valence-corrected chi connectivity index (χ3v) is 1.85. The van der Waals surface area contributed by atoms with Crippen LogP contribution in [0.25, 0.3) is 0 Å². The van der Waals surface area contributed by atoms with Crippen LogP contribution >= 0.6 is 0 Å². The van der Waals surface area contributed by atoms with Crippen molar-refractivity contribution in [1.82, 2.24) is 5.32 Å². The Morgan fingerprint density at radius 3 is 2.07 bits per heavy atom. The van der Waals surface area contributed by atoms with E-state index in [-0.39, 0.29) is 31.9 Å². The molecule has 1 amide bonds. The van der Waals surface area contributed by atoms with Crippen LogP contribution in [0.2, 0.25) is 0 Å².